The molecule has 22 heavy (non-hydrogen) atoms. The minimum atomic E-state index is -0.0531. The van der Waals surface area contributed by atoms with Crippen LogP contribution in [-0.4, -0.2) is 47.7 Å². The van der Waals surface area contributed by atoms with Crippen LogP contribution in [0.2, 0.25) is 0 Å². The molecule has 2 N–H and O–H groups in total. The van der Waals surface area contributed by atoms with Gasteiger partial charge in [-0.25, -0.2) is 0 Å². The number of piperidine rings is 1. The van der Waals surface area contributed by atoms with Crippen molar-refractivity contribution < 1.29 is 9.90 Å². The van der Waals surface area contributed by atoms with Crippen molar-refractivity contribution in [2.75, 3.05) is 19.7 Å². The van der Waals surface area contributed by atoms with Gasteiger partial charge in [-0.15, -0.1) is 0 Å². The van der Waals surface area contributed by atoms with E-state index in [1.165, 1.54) is 19.3 Å². The summed E-state index contributed by atoms with van der Waals surface area (Å²) < 4.78 is 0. The van der Waals surface area contributed by atoms with Crippen molar-refractivity contribution in [3.05, 3.63) is 0 Å². The first-order chi connectivity index (χ1) is 10.5. The fourth-order valence-electron chi connectivity index (χ4n) is 4.01. The fraction of sp³-hybridized carbons (Fsp3) is 0.944. The van der Waals surface area contributed by atoms with Gasteiger partial charge in [-0.3, -0.25) is 9.69 Å². The van der Waals surface area contributed by atoms with Gasteiger partial charge < -0.3 is 10.4 Å². The van der Waals surface area contributed by atoms with Crippen LogP contribution >= 0.6 is 0 Å². The maximum Gasteiger partial charge on any atom is 0.237 e. The number of nitrogens with zero attached hydrogens (tertiary/aromatic N) is 1. The van der Waals surface area contributed by atoms with E-state index >= 15 is 0 Å². The van der Waals surface area contributed by atoms with E-state index in [0.29, 0.717) is 12.0 Å². The Balaban J connectivity index is 1.84. The molecule has 0 aromatic heterocycles. The highest BCUT2D eigenvalue weighted by atomic mass is 16.3. The van der Waals surface area contributed by atoms with Crippen LogP contribution in [0.15, 0.2) is 0 Å². The predicted octanol–water partition coefficient (Wildman–Crippen LogP) is 2.55. The molecule has 4 heteroatoms. The van der Waals surface area contributed by atoms with Gasteiger partial charge in [-0.05, 0) is 63.5 Å². The van der Waals surface area contributed by atoms with Crippen molar-refractivity contribution in [1.29, 1.82) is 0 Å². The van der Waals surface area contributed by atoms with Gasteiger partial charge in [0, 0.05) is 12.6 Å². The second-order valence-electron chi connectivity index (χ2n) is 7.60. The van der Waals surface area contributed by atoms with Gasteiger partial charge in [0.25, 0.3) is 0 Å². The van der Waals surface area contributed by atoms with Crippen molar-refractivity contribution in [2.24, 2.45) is 11.3 Å². The Hall–Kier alpha value is -0.610. The molecule has 128 valence electrons. The molecule has 0 radical (unpaired) electrons. The number of amides is 1. The first-order valence-electron chi connectivity index (χ1n) is 9.16. The number of likely N-dealkylation sites (tertiary alicyclic amines) is 1. The topological polar surface area (TPSA) is 52.6 Å². The van der Waals surface area contributed by atoms with Crippen molar-refractivity contribution in [3.63, 3.8) is 0 Å². The summed E-state index contributed by atoms with van der Waals surface area (Å²) in [7, 11) is 0. The van der Waals surface area contributed by atoms with Gasteiger partial charge in [0.2, 0.25) is 5.91 Å². The van der Waals surface area contributed by atoms with Crippen LogP contribution < -0.4 is 5.32 Å². The summed E-state index contributed by atoms with van der Waals surface area (Å²) in [4.78, 5) is 14.8. The Kier molecular flexibility index (Phi) is 6.27. The molecular weight excluding hydrogens is 276 g/mol. The highest BCUT2D eigenvalue weighted by Gasteiger charge is 2.35. The maximum absolute atomic E-state index is 12.6. The number of hydrogen-bond donors (Lipinski definition) is 2. The van der Waals surface area contributed by atoms with E-state index in [1.54, 1.807) is 0 Å². The van der Waals surface area contributed by atoms with E-state index in [2.05, 4.69) is 24.1 Å². The first-order valence-corrected chi connectivity index (χ1v) is 9.16. The highest BCUT2D eigenvalue weighted by molar-refractivity contribution is 5.81. The average Bonchev–Trinajstić information content (AvgIpc) is 2.56. The van der Waals surface area contributed by atoms with Gasteiger partial charge >= 0.3 is 0 Å². The molecule has 3 atom stereocenters. The van der Waals surface area contributed by atoms with Gasteiger partial charge in [0.05, 0.1) is 6.04 Å². The largest absolute Gasteiger partial charge is 0.396 e. The lowest BCUT2D eigenvalue weighted by atomic mass is 9.76. The average molecular weight is 310 g/mol. The first kappa shape index (κ1) is 17.7. The third-order valence-corrected chi connectivity index (χ3v) is 6.31. The zero-order valence-electron chi connectivity index (χ0n) is 14.6. The summed E-state index contributed by atoms with van der Waals surface area (Å²) in [5.41, 5.74) is 0.0879. The molecule has 0 spiro atoms. The van der Waals surface area contributed by atoms with Crippen LogP contribution in [0.25, 0.3) is 0 Å². The number of aliphatic hydroxyl groups is 1. The van der Waals surface area contributed by atoms with Crippen LogP contribution in [0, 0.1) is 11.3 Å². The van der Waals surface area contributed by atoms with Crippen LogP contribution in [-0.2, 0) is 4.79 Å². The van der Waals surface area contributed by atoms with Crippen LogP contribution in [0.5, 0.6) is 0 Å². The molecule has 4 nitrogen and oxygen atoms in total. The van der Waals surface area contributed by atoms with Crippen molar-refractivity contribution in [1.82, 2.24) is 10.2 Å². The van der Waals surface area contributed by atoms with E-state index in [-0.39, 0.29) is 24.0 Å². The molecule has 1 aliphatic heterocycles. The third kappa shape index (κ3) is 4.02. The Morgan fingerprint density at radius 3 is 2.50 bits per heavy atom. The summed E-state index contributed by atoms with van der Waals surface area (Å²) in [6.45, 7) is 8.56. The number of carbonyl (C=O) groups excluding carboxylic acids is 1. The van der Waals surface area contributed by atoms with Crippen molar-refractivity contribution in [3.8, 4) is 0 Å². The number of aliphatic hydroxyl groups excluding tert-OH is 1. The third-order valence-electron chi connectivity index (χ3n) is 6.31. The lowest BCUT2D eigenvalue weighted by Crippen LogP contribution is -2.53. The van der Waals surface area contributed by atoms with Crippen molar-refractivity contribution >= 4 is 5.91 Å². The minimum absolute atomic E-state index is 0.0531. The smallest absolute Gasteiger partial charge is 0.237 e. The fourth-order valence-corrected chi connectivity index (χ4v) is 4.01. The van der Waals surface area contributed by atoms with Crippen LogP contribution in [0.4, 0.5) is 0 Å². The summed E-state index contributed by atoms with van der Waals surface area (Å²) in [6.07, 6.45) is 7.92. The summed E-state index contributed by atoms with van der Waals surface area (Å²) in [5, 5.41) is 12.9. The number of rotatable bonds is 5. The number of hydrogen-bond acceptors (Lipinski definition) is 3. The minimum Gasteiger partial charge on any atom is -0.396 e. The molecule has 2 fully saturated rings. The second kappa shape index (κ2) is 7.78. The monoisotopic (exact) mass is 310 g/mol. The standard InChI is InChI=1S/C18H34N2O2/c1-4-18(13-21)9-11-20(12-10-18)15(3)17(22)19-16-8-6-5-7-14(16)2/h14-16,21H,4-13H2,1-3H3,(H,19,22). The maximum atomic E-state index is 12.6. The Bertz CT molecular complexity index is 358. The zero-order valence-corrected chi connectivity index (χ0v) is 14.6. The number of nitrogens with one attached hydrogen (secondary N) is 1. The van der Waals surface area contributed by atoms with E-state index in [0.717, 1.165) is 38.8 Å². The number of carbonyl (C=O) groups is 1. The van der Waals surface area contributed by atoms with Gasteiger partial charge in [-0.1, -0.05) is 26.7 Å². The molecule has 0 aromatic rings. The van der Waals surface area contributed by atoms with Gasteiger partial charge in [0.15, 0.2) is 0 Å². The summed E-state index contributed by atoms with van der Waals surface area (Å²) in [5.74, 6) is 0.792. The Labute approximate surface area is 135 Å². The predicted molar refractivity (Wildman–Crippen MR) is 89.6 cm³/mol. The van der Waals surface area contributed by atoms with E-state index in [1.807, 2.05) is 6.92 Å². The molecule has 2 rings (SSSR count). The molecule has 0 bridgehead atoms. The van der Waals surface area contributed by atoms with Crippen LogP contribution in [0.1, 0.15) is 65.7 Å². The molecule has 2 aliphatic rings. The molecule has 1 aliphatic carbocycles. The Morgan fingerprint density at radius 2 is 1.95 bits per heavy atom. The molecule has 1 amide bonds. The van der Waals surface area contributed by atoms with E-state index < -0.39 is 0 Å². The summed E-state index contributed by atoms with van der Waals surface area (Å²) in [6, 6.07) is 0.309. The SMILES string of the molecule is CCC1(CO)CCN(C(C)C(=O)NC2CCCCC2C)CC1. The second-order valence-corrected chi connectivity index (χ2v) is 7.60. The van der Waals surface area contributed by atoms with Crippen LogP contribution in [0.3, 0.4) is 0 Å². The van der Waals surface area contributed by atoms with Crippen molar-refractivity contribution in [2.45, 2.75) is 77.8 Å². The molecule has 3 unspecified atom stereocenters. The molecule has 1 heterocycles. The van der Waals surface area contributed by atoms with Gasteiger partial charge in [-0.2, -0.15) is 0 Å². The normalized spacial score (nSPS) is 30.7. The summed E-state index contributed by atoms with van der Waals surface area (Å²) >= 11 is 0. The Morgan fingerprint density at radius 1 is 1.32 bits per heavy atom. The zero-order chi connectivity index (χ0) is 16.2. The molecular formula is C18H34N2O2. The molecule has 0 aromatic carbocycles. The lowest BCUT2D eigenvalue weighted by Gasteiger charge is -2.42. The highest BCUT2D eigenvalue weighted by Crippen LogP contribution is 2.34. The quantitative estimate of drug-likeness (QED) is 0.820. The van der Waals surface area contributed by atoms with E-state index in [9.17, 15) is 9.90 Å². The molecule has 1 saturated heterocycles. The molecule has 1 saturated carbocycles. The van der Waals surface area contributed by atoms with E-state index in [4.69, 9.17) is 0 Å². The van der Waals surface area contributed by atoms with Gasteiger partial charge in [0.1, 0.15) is 0 Å². The lowest BCUT2D eigenvalue weighted by molar-refractivity contribution is -0.128.